The van der Waals surface area contributed by atoms with E-state index in [-0.39, 0.29) is 5.56 Å². The minimum Gasteiger partial charge on any atom is -0.478 e. The summed E-state index contributed by atoms with van der Waals surface area (Å²) < 4.78 is 1.66. The smallest absolute Gasteiger partial charge is 0.337 e. The minimum absolute atomic E-state index is 0.154. The molecule has 0 aliphatic rings. The zero-order valence-corrected chi connectivity index (χ0v) is 10.1. The van der Waals surface area contributed by atoms with Crippen molar-refractivity contribution in [1.29, 1.82) is 0 Å². The van der Waals surface area contributed by atoms with E-state index in [2.05, 4.69) is 15.6 Å². The molecule has 0 unspecified atom stereocenters. The Morgan fingerprint density at radius 1 is 1.50 bits per heavy atom. The Morgan fingerprint density at radius 3 is 3.00 bits per heavy atom. The van der Waals surface area contributed by atoms with E-state index in [0.717, 1.165) is 0 Å². The summed E-state index contributed by atoms with van der Waals surface area (Å²) in [5.41, 5.74) is 0.688. The Balaban J connectivity index is 2.02. The van der Waals surface area contributed by atoms with Gasteiger partial charge in [-0.3, -0.25) is 4.68 Å². The Kier molecular flexibility index (Phi) is 3.78. The normalized spacial score (nSPS) is 10.3. The van der Waals surface area contributed by atoms with Gasteiger partial charge in [-0.05, 0) is 18.2 Å². The van der Waals surface area contributed by atoms with Gasteiger partial charge in [0.25, 0.3) is 0 Å². The van der Waals surface area contributed by atoms with E-state index < -0.39 is 5.97 Å². The van der Waals surface area contributed by atoms with E-state index in [1.807, 2.05) is 0 Å². The van der Waals surface area contributed by atoms with Crippen LogP contribution in [0.4, 0.5) is 5.69 Å². The van der Waals surface area contributed by atoms with Gasteiger partial charge in [-0.15, -0.1) is 5.10 Å². The predicted molar refractivity (Wildman–Crippen MR) is 66.9 cm³/mol. The number of carboxylic acids is 1. The number of halogens is 1. The number of rotatable bonds is 5. The van der Waals surface area contributed by atoms with Gasteiger partial charge in [0.05, 0.1) is 18.3 Å². The number of nitrogens with zero attached hydrogens (tertiary/aromatic N) is 3. The molecular formula is C11H11ClN4O2. The third-order valence-electron chi connectivity index (χ3n) is 2.34. The maximum absolute atomic E-state index is 11.0. The lowest BCUT2D eigenvalue weighted by Crippen LogP contribution is -2.13. The van der Waals surface area contributed by atoms with E-state index >= 15 is 0 Å². The molecule has 0 bridgehead atoms. The summed E-state index contributed by atoms with van der Waals surface area (Å²) >= 11 is 5.76. The van der Waals surface area contributed by atoms with Gasteiger partial charge in [0.15, 0.2) is 0 Å². The fraction of sp³-hybridized carbons (Fsp3) is 0.182. The van der Waals surface area contributed by atoms with Gasteiger partial charge >= 0.3 is 5.97 Å². The van der Waals surface area contributed by atoms with Crippen molar-refractivity contribution < 1.29 is 9.90 Å². The zero-order valence-electron chi connectivity index (χ0n) is 9.38. The number of aromatic carboxylic acids is 1. The second kappa shape index (κ2) is 5.50. The largest absolute Gasteiger partial charge is 0.478 e. The SMILES string of the molecule is O=C(O)c1cc(Cl)ccc1NCCn1ccnn1. The number of aromatic nitrogens is 3. The van der Waals surface area contributed by atoms with Gasteiger partial charge in [-0.2, -0.15) is 0 Å². The summed E-state index contributed by atoms with van der Waals surface area (Å²) in [6.45, 7) is 1.15. The average Bonchev–Trinajstić information content (AvgIpc) is 2.84. The molecule has 1 aromatic heterocycles. The number of carbonyl (C=O) groups is 1. The lowest BCUT2D eigenvalue weighted by molar-refractivity contribution is 0.0698. The number of anilines is 1. The molecule has 0 aliphatic heterocycles. The average molecular weight is 267 g/mol. The molecule has 7 heteroatoms. The van der Waals surface area contributed by atoms with Crippen molar-refractivity contribution in [3.8, 4) is 0 Å². The molecule has 2 aromatic rings. The summed E-state index contributed by atoms with van der Waals surface area (Å²) in [5, 5.41) is 20.0. The van der Waals surface area contributed by atoms with Crippen LogP contribution in [0.3, 0.4) is 0 Å². The molecule has 2 N–H and O–H groups in total. The second-order valence-corrected chi connectivity index (χ2v) is 4.02. The first-order valence-corrected chi connectivity index (χ1v) is 5.65. The lowest BCUT2D eigenvalue weighted by Gasteiger charge is -2.09. The lowest BCUT2D eigenvalue weighted by atomic mass is 10.2. The molecule has 6 nitrogen and oxygen atoms in total. The third-order valence-corrected chi connectivity index (χ3v) is 2.58. The van der Waals surface area contributed by atoms with Gasteiger partial charge in [0.1, 0.15) is 0 Å². The molecular weight excluding hydrogens is 256 g/mol. The summed E-state index contributed by atoms with van der Waals surface area (Å²) in [6, 6.07) is 4.71. The summed E-state index contributed by atoms with van der Waals surface area (Å²) in [5.74, 6) is -1.01. The van der Waals surface area contributed by atoms with Crippen LogP contribution in [-0.2, 0) is 6.54 Å². The van der Waals surface area contributed by atoms with Crippen molar-refractivity contribution >= 4 is 23.3 Å². The van der Waals surface area contributed by atoms with Gasteiger partial charge in [0.2, 0.25) is 0 Å². The van der Waals surface area contributed by atoms with Crippen molar-refractivity contribution in [2.75, 3.05) is 11.9 Å². The Labute approximate surface area is 108 Å². The van der Waals surface area contributed by atoms with Gasteiger partial charge in [-0.25, -0.2) is 4.79 Å². The van der Waals surface area contributed by atoms with Crippen LogP contribution in [0, 0.1) is 0 Å². The number of hydrogen-bond acceptors (Lipinski definition) is 4. The molecule has 1 heterocycles. The van der Waals surface area contributed by atoms with Gasteiger partial charge in [-0.1, -0.05) is 16.8 Å². The fourth-order valence-electron chi connectivity index (χ4n) is 1.50. The highest BCUT2D eigenvalue weighted by Crippen LogP contribution is 2.20. The molecule has 0 aliphatic carbocycles. The van der Waals surface area contributed by atoms with Crippen molar-refractivity contribution in [1.82, 2.24) is 15.0 Å². The van der Waals surface area contributed by atoms with Crippen molar-refractivity contribution in [3.05, 3.63) is 41.2 Å². The molecule has 2 rings (SSSR count). The molecule has 18 heavy (non-hydrogen) atoms. The van der Waals surface area contributed by atoms with Gasteiger partial charge in [0, 0.05) is 23.5 Å². The molecule has 0 spiro atoms. The fourth-order valence-corrected chi connectivity index (χ4v) is 1.68. The number of carboxylic acid groups (broad SMARTS) is 1. The van der Waals surface area contributed by atoms with E-state index in [9.17, 15) is 4.79 Å². The summed E-state index contributed by atoms with van der Waals surface area (Å²) in [4.78, 5) is 11.0. The molecule has 0 amide bonds. The molecule has 0 saturated heterocycles. The highest BCUT2D eigenvalue weighted by molar-refractivity contribution is 6.31. The van der Waals surface area contributed by atoms with Crippen LogP contribution < -0.4 is 5.32 Å². The van der Waals surface area contributed by atoms with Crippen LogP contribution in [0.15, 0.2) is 30.6 Å². The first-order valence-electron chi connectivity index (χ1n) is 5.27. The molecule has 0 fully saturated rings. The van der Waals surface area contributed by atoms with E-state index in [0.29, 0.717) is 23.8 Å². The van der Waals surface area contributed by atoms with Crippen LogP contribution in [0.5, 0.6) is 0 Å². The first kappa shape index (κ1) is 12.4. The minimum atomic E-state index is -1.01. The Bertz CT molecular complexity index is 542. The van der Waals surface area contributed by atoms with E-state index in [1.54, 1.807) is 29.2 Å². The molecule has 0 radical (unpaired) electrons. The maximum Gasteiger partial charge on any atom is 0.337 e. The van der Waals surface area contributed by atoms with Crippen LogP contribution in [0.1, 0.15) is 10.4 Å². The maximum atomic E-state index is 11.0. The zero-order chi connectivity index (χ0) is 13.0. The number of hydrogen-bond donors (Lipinski definition) is 2. The van der Waals surface area contributed by atoms with Gasteiger partial charge < -0.3 is 10.4 Å². The quantitative estimate of drug-likeness (QED) is 0.862. The predicted octanol–water partition coefficient (Wildman–Crippen LogP) is 1.74. The number of benzene rings is 1. The molecule has 1 aromatic carbocycles. The molecule has 0 saturated carbocycles. The van der Waals surface area contributed by atoms with E-state index in [4.69, 9.17) is 16.7 Å². The van der Waals surface area contributed by atoms with Crippen LogP contribution >= 0.6 is 11.6 Å². The highest BCUT2D eigenvalue weighted by atomic mass is 35.5. The topological polar surface area (TPSA) is 80.0 Å². The molecule has 94 valence electrons. The van der Waals surface area contributed by atoms with Crippen molar-refractivity contribution in [2.24, 2.45) is 0 Å². The van der Waals surface area contributed by atoms with Crippen LogP contribution in [0.25, 0.3) is 0 Å². The van der Waals surface area contributed by atoms with Crippen molar-refractivity contribution in [3.63, 3.8) is 0 Å². The highest BCUT2D eigenvalue weighted by Gasteiger charge is 2.10. The standard InChI is InChI=1S/C11H11ClN4O2/c12-8-1-2-10(9(7-8)11(17)18)13-3-5-16-6-4-14-15-16/h1-2,4,6-7,13H,3,5H2,(H,17,18). The molecule has 0 atom stereocenters. The Morgan fingerprint density at radius 2 is 2.33 bits per heavy atom. The summed E-state index contributed by atoms with van der Waals surface area (Å²) in [6.07, 6.45) is 3.33. The second-order valence-electron chi connectivity index (χ2n) is 3.59. The first-order chi connectivity index (χ1) is 8.66. The Hall–Kier alpha value is -2.08. The van der Waals surface area contributed by atoms with Crippen LogP contribution in [-0.4, -0.2) is 32.6 Å². The monoisotopic (exact) mass is 266 g/mol. The van der Waals surface area contributed by atoms with Crippen molar-refractivity contribution in [2.45, 2.75) is 6.54 Å². The number of nitrogens with one attached hydrogen (secondary N) is 1. The third kappa shape index (κ3) is 2.98. The van der Waals surface area contributed by atoms with Crippen LogP contribution in [0.2, 0.25) is 5.02 Å². The summed E-state index contributed by atoms with van der Waals surface area (Å²) in [7, 11) is 0. The van der Waals surface area contributed by atoms with E-state index in [1.165, 1.54) is 6.07 Å².